The fraction of sp³-hybridized carbons (Fsp3) is 0.0833. The van der Waals surface area contributed by atoms with E-state index in [2.05, 4.69) is 5.10 Å². The normalized spacial score (nSPS) is 10.1. The van der Waals surface area contributed by atoms with E-state index in [1.165, 1.54) is 16.9 Å². The fourth-order valence-corrected chi connectivity index (χ4v) is 1.47. The summed E-state index contributed by atoms with van der Waals surface area (Å²) in [4.78, 5) is 22.3. The molecule has 86 valence electrons. The van der Waals surface area contributed by atoms with Crippen molar-refractivity contribution in [2.24, 2.45) is 5.73 Å². The van der Waals surface area contributed by atoms with Crippen LogP contribution in [-0.4, -0.2) is 15.7 Å². The Labute approximate surface area is 97.5 Å². The summed E-state index contributed by atoms with van der Waals surface area (Å²) in [7, 11) is 0. The molecule has 0 fully saturated rings. The predicted octanol–water partition coefficient (Wildman–Crippen LogP) is 0.390. The minimum Gasteiger partial charge on any atom is -0.364 e. The van der Waals surface area contributed by atoms with Gasteiger partial charge in [-0.15, -0.1) is 0 Å². The summed E-state index contributed by atoms with van der Waals surface area (Å²) in [5.74, 6) is -0.808. The molecule has 2 rings (SSSR count). The summed E-state index contributed by atoms with van der Waals surface area (Å²) in [6.07, 6.45) is 1.53. The number of carbonyl (C=O) groups is 1. The van der Waals surface area contributed by atoms with Crippen molar-refractivity contribution in [2.75, 3.05) is 0 Å². The molecule has 0 bridgehead atoms. The average molecular weight is 229 g/mol. The van der Waals surface area contributed by atoms with Crippen LogP contribution in [0.4, 0.5) is 0 Å². The number of amides is 1. The van der Waals surface area contributed by atoms with Gasteiger partial charge in [-0.3, -0.25) is 14.3 Å². The largest absolute Gasteiger partial charge is 0.364 e. The van der Waals surface area contributed by atoms with Crippen molar-refractivity contribution in [2.45, 2.75) is 6.54 Å². The average Bonchev–Trinajstić information content (AvgIpc) is 2.32. The first-order valence-electron chi connectivity index (χ1n) is 5.08. The standard InChI is InChI=1S/C12H11N3O2/c13-12(17)11-10(16)6-7-15(14-11)8-9-4-2-1-3-5-9/h1-7H,8H2,(H2,13,17). The minimum atomic E-state index is -0.808. The number of rotatable bonds is 3. The third kappa shape index (κ3) is 2.57. The molecule has 2 aromatic rings. The molecule has 0 radical (unpaired) electrons. The van der Waals surface area contributed by atoms with Crippen LogP contribution in [-0.2, 0) is 6.54 Å². The molecule has 0 aliphatic carbocycles. The van der Waals surface area contributed by atoms with Gasteiger partial charge in [0, 0.05) is 12.3 Å². The molecule has 0 spiro atoms. The molecule has 1 aromatic carbocycles. The summed E-state index contributed by atoms with van der Waals surface area (Å²) >= 11 is 0. The molecule has 0 aliphatic rings. The summed E-state index contributed by atoms with van der Waals surface area (Å²) in [6, 6.07) is 10.9. The SMILES string of the molecule is NC(=O)c1nn(Cc2ccccc2)ccc1=O. The van der Waals surface area contributed by atoms with Gasteiger partial charge in [0.25, 0.3) is 5.91 Å². The monoisotopic (exact) mass is 229 g/mol. The van der Waals surface area contributed by atoms with Gasteiger partial charge in [-0.25, -0.2) is 0 Å². The van der Waals surface area contributed by atoms with Crippen LogP contribution in [0.2, 0.25) is 0 Å². The van der Waals surface area contributed by atoms with Gasteiger partial charge in [-0.05, 0) is 5.56 Å². The van der Waals surface area contributed by atoms with E-state index in [1.54, 1.807) is 0 Å². The highest BCUT2D eigenvalue weighted by Gasteiger charge is 2.08. The van der Waals surface area contributed by atoms with Crippen LogP contribution in [0.1, 0.15) is 16.1 Å². The smallest absolute Gasteiger partial charge is 0.273 e. The van der Waals surface area contributed by atoms with E-state index in [4.69, 9.17) is 5.73 Å². The molecule has 5 heteroatoms. The highest BCUT2D eigenvalue weighted by atomic mass is 16.2. The second-order valence-electron chi connectivity index (χ2n) is 3.58. The molecule has 0 unspecified atom stereocenters. The summed E-state index contributed by atoms with van der Waals surface area (Å²) < 4.78 is 1.51. The number of carbonyl (C=O) groups excluding carboxylic acids is 1. The highest BCUT2D eigenvalue weighted by Crippen LogP contribution is 2.00. The zero-order chi connectivity index (χ0) is 12.3. The lowest BCUT2D eigenvalue weighted by Crippen LogP contribution is -2.26. The summed E-state index contributed by atoms with van der Waals surface area (Å²) in [5.41, 5.74) is 5.40. The molecule has 1 amide bonds. The van der Waals surface area contributed by atoms with Crippen molar-refractivity contribution in [1.29, 1.82) is 0 Å². The Morgan fingerprint density at radius 2 is 1.94 bits per heavy atom. The van der Waals surface area contributed by atoms with Crippen LogP contribution < -0.4 is 11.2 Å². The Hall–Kier alpha value is -2.43. The molecule has 0 aliphatic heterocycles. The van der Waals surface area contributed by atoms with E-state index in [1.807, 2.05) is 30.3 Å². The van der Waals surface area contributed by atoms with Crippen molar-refractivity contribution < 1.29 is 4.79 Å². The van der Waals surface area contributed by atoms with Crippen LogP contribution >= 0.6 is 0 Å². The quantitative estimate of drug-likeness (QED) is 0.827. The lowest BCUT2D eigenvalue weighted by Gasteiger charge is -2.05. The van der Waals surface area contributed by atoms with E-state index >= 15 is 0 Å². The van der Waals surface area contributed by atoms with Crippen molar-refractivity contribution in [1.82, 2.24) is 9.78 Å². The minimum absolute atomic E-state index is 0.233. The maximum atomic E-state index is 11.3. The molecule has 1 aromatic heterocycles. The van der Waals surface area contributed by atoms with Crippen molar-refractivity contribution in [3.05, 3.63) is 64.1 Å². The lowest BCUT2D eigenvalue weighted by atomic mass is 10.2. The molecule has 0 atom stereocenters. The molecule has 2 N–H and O–H groups in total. The first-order chi connectivity index (χ1) is 8.16. The van der Waals surface area contributed by atoms with Crippen LogP contribution in [0.5, 0.6) is 0 Å². The molecule has 1 heterocycles. The van der Waals surface area contributed by atoms with Crippen LogP contribution in [0, 0.1) is 0 Å². The lowest BCUT2D eigenvalue weighted by molar-refractivity contribution is 0.0992. The highest BCUT2D eigenvalue weighted by molar-refractivity contribution is 5.90. The number of primary amides is 1. The van der Waals surface area contributed by atoms with E-state index < -0.39 is 11.3 Å². The van der Waals surface area contributed by atoms with Crippen molar-refractivity contribution in [3.8, 4) is 0 Å². The number of hydrogen-bond acceptors (Lipinski definition) is 3. The fourth-order valence-electron chi connectivity index (χ4n) is 1.47. The Balaban J connectivity index is 2.32. The Morgan fingerprint density at radius 3 is 2.59 bits per heavy atom. The van der Waals surface area contributed by atoms with E-state index in [0.29, 0.717) is 6.54 Å². The maximum Gasteiger partial charge on any atom is 0.273 e. The van der Waals surface area contributed by atoms with Gasteiger partial charge in [-0.2, -0.15) is 5.10 Å². The molecule has 17 heavy (non-hydrogen) atoms. The maximum absolute atomic E-state index is 11.3. The van der Waals surface area contributed by atoms with Crippen molar-refractivity contribution in [3.63, 3.8) is 0 Å². The molecule has 0 saturated heterocycles. The predicted molar refractivity (Wildman–Crippen MR) is 62.6 cm³/mol. The van der Waals surface area contributed by atoms with Gasteiger partial charge in [0.2, 0.25) is 5.43 Å². The third-order valence-electron chi connectivity index (χ3n) is 2.28. The second-order valence-corrected chi connectivity index (χ2v) is 3.58. The van der Waals surface area contributed by atoms with E-state index in [0.717, 1.165) is 5.56 Å². The Kier molecular flexibility index (Phi) is 3.00. The second kappa shape index (κ2) is 4.61. The first-order valence-corrected chi connectivity index (χ1v) is 5.08. The molecule has 5 nitrogen and oxygen atoms in total. The van der Waals surface area contributed by atoms with E-state index in [9.17, 15) is 9.59 Å². The summed E-state index contributed by atoms with van der Waals surface area (Å²) in [5, 5.41) is 3.90. The van der Waals surface area contributed by atoms with Crippen LogP contribution in [0.25, 0.3) is 0 Å². The third-order valence-corrected chi connectivity index (χ3v) is 2.28. The van der Waals surface area contributed by atoms with E-state index in [-0.39, 0.29) is 5.69 Å². The van der Waals surface area contributed by atoms with Crippen LogP contribution in [0.3, 0.4) is 0 Å². The topological polar surface area (TPSA) is 78.0 Å². The van der Waals surface area contributed by atoms with Gasteiger partial charge in [0.15, 0.2) is 5.69 Å². The number of benzene rings is 1. The first kappa shape index (κ1) is 11.1. The van der Waals surface area contributed by atoms with Gasteiger partial charge in [0.05, 0.1) is 6.54 Å². The zero-order valence-corrected chi connectivity index (χ0v) is 9.04. The summed E-state index contributed by atoms with van der Waals surface area (Å²) in [6.45, 7) is 0.487. The van der Waals surface area contributed by atoms with Crippen LogP contribution in [0.15, 0.2) is 47.4 Å². The zero-order valence-electron chi connectivity index (χ0n) is 9.04. The molecule has 0 saturated carbocycles. The molecular formula is C12H11N3O2. The Bertz CT molecular complexity index is 590. The van der Waals surface area contributed by atoms with Crippen molar-refractivity contribution >= 4 is 5.91 Å². The Morgan fingerprint density at radius 1 is 1.24 bits per heavy atom. The number of nitrogens with two attached hydrogens (primary N) is 1. The number of hydrogen-bond donors (Lipinski definition) is 1. The van der Waals surface area contributed by atoms with Gasteiger partial charge in [0.1, 0.15) is 0 Å². The van der Waals surface area contributed by atoms with Gasteiger partial charge >= 0.3 is 0 Å². The van der Waals surface area contributed by atoms with Gasteiger partial charge < -0.3 is 5.73 Å². The molecular weight excluding hydrogens is 218 g/mol. The number of nitrogens with zero attached hydrogens (tertiary/aromatic N) is 2. The number of aromatic nitrogens is 2. The van der Waals surface area contributed by atoms with Gasteiger partial charge in [-0.1, -0.05) is 30.3 Å².